The summed E-state index contributed by atoms with van der Waals surface area (Å²) in [6.45, 7) is 14.3. The summed E-state index contributed by atoms with van der Waals surface area (Å²) in [5, 5.41) is 0. The normalized spacial score (nSPS) is 18.4. The fourth-order valence-electron chi connectivity index (χ4n) is 7.61. The molecule has 298 valence electrons. The first-order valence-corrected chi connectivity index (χ1v) is 19.5. The number of hydrogen-bond donors (Lipinski definition) is 0. The average molecular weight is 779 g/mol. The number of rotatable bonds is 7. The number of ether oxygens (including phenoxy) is 3. The first-order valence-electron chi connectivity index (χ1n) is 19.5. The Morgan fingerprint density at radius 1 is 0.614 bits per heavy atom. The van der Waals surface area contributed by atoms with Gasteiger partial charge in [0.15, 0.2) is 0 Å². The Kier molecular flexibility index (Phi) is 9.65. The summed E-state index contributed by atoms with van der Waals surface area (Å²) in [5.41, 5.74) is 4.88. The second kappa shape index (κ2) is 15.1. The summed E-state index contributed by atoms with van der Waals surface area (Å²) in [7, 11) is 1.53. The van der Waals surface area contributed by atoms with Gasteiger partial charge in [-0.3, -0.25) is 9.80 Å². The van der Waals surface area contributed by atoms with Gasteiger partial charge in [-0.1, -0.05) is 0 Å². The maximum Gasteiger partial charge on any atom is 0.410 e. The van der Waals surface area contributed by atoms with Gasteiger partial charge in [0, 0.05) is 43.5 Å². The summed E-state index contributed by atoms with van der Waals surface area (Å²) in [6, 6.07) is 2.21. The van der Waals surface area contributed by atoms with Crippen molar-refractivity contribution in [3.63, 3.8) is 0 Å². The van der Waals surface area contributed by atoms with Gasteiger partial charge in [-0.2, -0.15) is 0 Å². The van der Waals surface area contributed by atoms with Crippen molar-refractivity contribution < 1.29 is 23.8 Å². The van der Waals surface area contributed by atoms with E-state index in [0.29, 0.717) is 58.4 Å². The van der Waals surface area contributed by atoms with Crippen LogP contribution in [0.25, 0.3) is 0 Å². The van der Waals surface area contributed by atoms with E-state index >= 15 is 0 Å². The van der Waals surface area contributed by atoms with E-state index in [0.717, 1.165) is 89.3 Å². The molecule has 6 aliphatic rings. The lowest BCUT2D eigenvalue weighted by Crippen LogP contribution is -2.54. The van der Waals surface area contributed by atoms with Crippen LogP contribution in [0.4, 0.5) is 32.7 Å². The van der Waals surface area contributed by atoms with Crippen molar-refractivity contribution in [1.29, 1.82) is 0 Å². The Balaban J connectivity index is 0.000000148. The zero-order chi connectivity index (χ0) is 39.2. The van der Waals surface area contributed by atoms with Gasteiger partial charge in [0.1, 0.15) is 47.1 Å². The molecule has 57 heavy (non-hydrogen) atoms. The van der Waals surface area contributed by atoms with Crippen molar-refractivity contribution in [2.45, 2.75) is 72.0 Å². The lowest BCUT2D eigenvalue weighted by atomic mass is 10.1. The summed E-state index contributed by atoms with van der Waals surface area (Å²) in [6.07, 6.45) is 6.69. The smallest absolute Gasteiger partial charge is 0.410 e. The number of aryl methyl sites for hydroxylation is 3. The molecule has 0 unspecified atom stereocenters. The molecule has 0 aromatic carbocycles. The van der Waals surface area contributed by atoms with E-state index in [-0.39, 0.29) is 24.4 Å². The predicted molar refractivity (Wildman–Crippen MR) is 206 cm³/mol. The summed E-state index contributed by atoms with van der Waals surface area (Å²) in [5.74, 6) is 5.07. The van der Waals surface area contributed by atoms with Gasteiger partial charge in [0.05, 0.1) is 88.9 Å². The Morgan fingerprint density at radius 2 is 1.12 bits per heavy atom. The lowest BCUT2D eigenvalue weighted by Gasteiger charge is -2.40. The van der Waals surface area contributed by atoms with Crippen molar-refractivity contribution in [3.05, 3.63) is 64.6 Å². The van der Waals surface area contributed by atoms with Gasteiger partial charge >= 0.3 is 18.2 Å². The zero-order valence-electron chi connectivity index (χ0n) is 32.7. The average Bonchev–Trinajstić information content (AvgIpc) is 3.75. The van der Waals surface area contributed by atoms with E-state index in [9.17, 15) is 9.59 Å². The molecule has 0 saturated carbocycles. The number of anilines is 4. The van der Waals surface area contributed by atoms with Crippen LogP contribution in [-0.2, 0) is 35.7 Å². The van der Waals surface area contributed by atoms with Gasteiger partial charge in [-0.25, -0.2) is 49.5 Å². The molecule has 2 amide bonds. The molecule has 10 heterocycles. The van der Waals surface area contributed by atoms with Crippen LogP contribution < -0.4 is 24.3 Å². The monoisotopic (exact) mass is 778 g/mol. The standard InChI is InChI=1S/C19H23N7O3.C19H23N7O2/c1-12-22-16-11-26(10-15(16)17(23-12)24-4-3-5-24)19(27)29-14-8-25(9-14)13-6-20-18(28-2)21-7-13;1-12-20-5-4-17(22-12)25-8-14(9-25)28-19(27)26-10-15-16(11-26)21-13(2)23-18(15)24-6-3-7-24/h6-7,14H,3-5,8-11H2,1-2H3;4-5,14H,3,6-11H2,1-2H3. The van der Waals surface area contributed by atoms with Crippen molar-refractivity contribution in [2.24, 2.45) is 0 Å². The highest BCUT2D eigenvalue weighted by molar-refractivity contribution is 5.71. The van der Waals surface area contributed by atoms with Crippen LogP contribution in [0.3, 0.4) is 0 Å². The second-order valence-corrected chi connectivity index (χ2v) is 15.1. The number of methoxy groups -OCH3 is 1. The summed E-state index contributed by atoms with van der Waals surface area (Å²) >= 11 is 0. The SMILES string of the molecule is COc1ncc(N2CC(OC(=O)N3Cc4nc(C)nc(N5CCC5)c4C3)C2)cn1.Cc1nccc(N2CC(OC(=O)N3Cc4nc(C)nc(N5CCC5)c4C3)C2)n1. The van der Waals surface area contributed by atoms with E-state index in [1.54, 1.807) is 28.4 Å². The molecule has 4 fully saturated rings. The third kappa shape index (κ3) is 7.44. The number of nitrogens with zero attached hydrogens (tertiary/aromatic N) is 14. The minimum Gasteiger partial charge on any atom is -0.467 e. The van der Waals surface area contributed by atoms with E-state index in [2.05, 4.69) is 59.5 Å². The quantitative estimate of drug-likeness (QED) is 0.266. The molecule has 0 spiro atoms. The van der Waals surface area contributed by atoms with Crippen LogP contribution in [0.5, 0.6) is 6.01 Å². The van der Waals surface area contributed by atoms with Crippen molar-refractivity contribution in [3.8, 4) is 6.01 Å². The zero-order valence-corrected chi connectivity index (χ0v) is 32.7. The van der Waals surface area contributed by atoms with E-state index in [1.165, 1.54) is 20.0 Å². The van der Waals surface area contributed by atoms with Crippen molar-refractivity contribution >= 4 is 35.3 Å². The highest BCUT2D eigenvalue weighted by Crippen LogP contribution is 2.34. The van der Waals surface area contributed by atoms with Gasteiger partial charge < -0.3 is 33.8 Å². The van der Waals surface area contributed by atoms with Crippen molar-refractivity contribution in [2.75, 3.05) is 79.1 Å². The topological polar surface area (TPSA) is 184 Å². The Labute approximate surface area is 330 Å². The molecular weight excluding hydrogens is 733 g/mol. The second-order valence-electron chi connectivity index (χ2n) is 15.1. The molecular formula is C38H46N14O5. The first-order chi connectivity index (χ1) is 27.7. The van der Waals surface area contributed by atoms with Crippen LogP contribution in [0.15, 0.2) is 24.7 Å². The molecule has 0 atom stereocenters. The van der Waals surface area contributed by atoms with Crippen LogP contribution in [0.1, 0.15) is 52.8 Å². The number of hydrogen-bond acceptors (Lipinski definition) is 17. The fourth-order valence-corrected chi connectivity index (χ4v) is 7.61. The molecule has 0 N–H and O–H groups in total. The van der Waals surface area contributed by atoms with Crippen LogP contribution in [0, 0.1) is 20.8 Å². The Morgan fingerprint density at radius 3 is 1.58 bits per heavy atom. The van der Waals surface area contributed by atoms with E-state index in [4.69, 9.17) is 14.2 Å². The third-order valence-corrected chi connectivity index (χ3v) is 11.1. The number of fused-ring (bicyclic) bond motifs is 2. The van der Waals surface area contributed by atoms with Crippen molar-refractivity contribution in [1.82, 2.24) is 49.7 Å². The number of carbonyl (C=O) groups is 2. The molecule has 4 aromatic rings. The molecule has 10 rings (SSSR count). The highest BCUT2D eigenvalue weighted by Gasteiger charge is 2.38. The molecule has 19 nitrogen and oxygen atoms in total. The lowest BCUT2D eigenvalue weighted by molar-refractivity contribution is 0.0482. The van der Waals surface area contributed by atoms with Crippen LogP contribution in [0.2, 0.25) is 0 Å². The van der Waals surface area contributed by atoms with Gasteiger partial charge in [-0.05, 0) is 39.7 Å². The molecule has 0 radical (unpaired) electrons. The third-order valence-electron chi connectivity index (χ3n) is 11.1. The highest BCUT2D eigenvalue weighted by atomic mass is 16.6. The minimum atomic E-state index is -0.300. The molecule has 6 aliphatic heterocycles. The molecule has 0 aliphatic carbocycles. The Hall–Kier alpha value is -6.14. The molecule has 19 heteroatoms. The molecule has 4 aromatic heterocycles. The summed E-state index contributed by atoms with van der Waals surface area (Å²) < 4.78 is 16.4. The summed E-state index contributed by atoms with van der Waals surface area (Å²) in [4.78, 5) is 72.5. The maximum absolute atomic E-state index is 12.7. The maximum atomic E-state index is 12.7. The Bertz CT molecular complexity index is 2150. The van der Waals surface area contributed by atoms with Gasteiger partial charge in [0.2, 0.25) is 0 Å². The first kappa shape index (κ1) is 36.5. The van der Waals surface area contributed by atoms with Gasteiger partial charge in [0.25, 0.3) is 0 Å². The number of carbonyl (C=O) groups excluding carboxylic acids is 2. The minimum absolute atomic E-state index is 0.117. The molecule has 4 saturated heterocycles. The molecule has 0 bridgehead atoms. The van der Waals surface area contributed by atoms with E-state index < -0.39 is 0 Å². The largest absolute Gasteiger partial charge is 0.467 e. The number of aromatic nitrogens is 8. The number of amides is 2. The predicted octanol–water partition coefficient (Wildman–Crippen LogP) is 2.57. The van der Waals surface area contributed by atoms with Crippen LogP contribution in [-0.4, -0.2) is 134 Å². The van der Waals surface area contributed by atoms with E-state index in [1.807, 2.05) is 26.8 Å². The fraction of sp³-hybridized carbons (Fsp3) is 0.526. The van der Waals surface area contributed by atoms with Gasteiger partial charge in [-0.15, -0.1) is 0 Å². The van der Waals surface area contributed by atoms with Crippen LogP contribution >= 0.6 is 0 Å².